The van der Waals surface area contributed by atoms with Gasteiger partial charge in [-0.25, -0.2) is 0 Å². The van der Waals surface area contributed by atoms with Crippen LogP contribution in [0.1, 0.15) is 24.1 Å². The monoisotopic (exact) mass is 378 g/mol. The topological polar surface area (TPSA) is 58.6 Å². The molecule has 1 aliphatic heterocycles. The Kier molecular flexibility index (Phi) is 4.88. The van der Waals surface area contributed by atoms with Crippen LogP contribution in [0.25, 0.3) is 0 Å². The van der Waals surface area contributed by atoms with Crippen LogP contribution in [0, 0.1) is 0 Å². The zero-order valence-electron chi connectivity index (χ0n) is 13.7. The number of carbonyl (C=O) groups is 2. The molecule has 3 rings (SSSR count). The second-order valence-electron chi connectivity index (χ2n) is 5.70. The molecule has 0 bridgehead atoms. The Bertz CT molecular complexity index is 837. The van der Waals surface area contributed by atoms with E-state index in [2.05, 4.69) is 5.32 Å². The van der Waals surface area contributed by atoms with Gasteiger partial charge in [0.1, 0.15) is 11.8 Å². The van der Waals surface area contributed by atoms with Crippen LogP contribution in [-0.4, -0.2) is 18.9 Å². The molecule has 0 saturated heterocycles. The number of anilines is 1. The quantitative estimate of drug-likeness (QED) is 0.881. The first-order chi connectivity index (χ1) is 11.9. The lowest BCUT2D eigenvalue weighted by atomic mass is 10.1. The molecule has 1 N–H and O–H groups in total. The molecule has 0 saturated carbocycles. The summed E-state index contributed by atoms with van der Waals surface area (Å²) in [7, 11) is 1.59. The lowest BCUT2D eigenvalue weighted by molar-refractivity contribution is -0.126. The van der Waals surface area contributed by atoms with Crippen LogP contribution in [0.5, 0.6) is 5.75 Å². The van der Waals surface area contributed by atoms with Gasteiger partial charge in [0.2, 0.25) is 5.91 Å². The second-order valence-corrected chi connectivity index (χ2v) is 6.51. The fraction of sp³-hybridized carbons (Fsp3) is 0.222. The summed E-state index contributed by atoms with van der Waals surface area (Å²) < 4.78 is 5.15. The van der Waals surface area contributed by atoms with Crippen LogP contribution in [0.2, 0.25) is 10.0 Å². The molecular formula is C18H16Cl2N2O3. The number of nitrogens with zero attached hydrogens (tertiary/aromatic N) is 1. The first-order valence-electron chi connectivity index (χ1n) is 7.61. The molecule has 25 heavy (non-hydrogen) atoms. The molecule has 0 unspecified atom stereocenters. The van der Waals surface area contributed by atoms with E-state index in [1.165, 1.54) is 6.92 Å². The number of ether oxygens (including phenoxy) is 1. The van der Waals surface area contributed by atoms with Gasteiger partial charge in [0.05, 0.1) is 24.4 Å². The molecule has 0 aromatic heterocycles. The molecule has 0 radical (unpaired) electrons. The minimum atomic E-state index is -0.836. The van der Waals surface area contributed by atoms with Crippen molar-refractivity contribution in [2.24, 2.45) is 0 Å². The van der Waals surface area contributed by atoms with Crippen molar-refractivity contribution in [3.05, 3.63) is 57.6 Å². The number of carbonyl (C=O) groups excluding carboxylic acids is 2. The van der Waals surface area contributed by atoms with Gasteiger partial charge in [0.15, 0.2) is 0 Å². The Balaban J connectivity index is 2.01. The summed E-state index contributed by atoms with van der Waals surface area (Å²) in [6.07, 6.45) is 0. The van der Waals surface area contributed by atoms with Crippen LogP contribution in [0.15, 0.2) is 36.4 Å². The molecule has 2 amide bonds. The first-order valence-corrected chi connectivity index (χ1v) is 8.37. The van der Waals surface area contributed by atoms with E-state index >= 15 is 0 Å². The summed E-state index contributed by atoms with van der Waals surface area (Å²) in [6, 6.07) is 9.82. The smallest absolute Gasteiger partial charge is 0.254 e. The van der Waals surface area contributed by atoms with Gasteiger partial charge < -0.3 is 15.0 Å². The van der Waals surface area contributed by atoms with Crippen molar-refractivity contribution in [2.75, 3.05) is 12.0 Å². The van der Waals surface area contributed by atoms with Crippen molar-refractivity contribution in [1.29, 1.82) is 0 Å². The normalized spacial score (nSPS) is 15.9. The predicted molar refractivity (Wildman–Crippen MR) is 97.2 cm³/mol. The average molecular weight is 379 g/mol. The SMILES string of the molecule is COc1ccc(CN2C(=O)[C@@H](NC(C)=O)c3c(Cl)ccc(Cl)c32)cc1. The molecule has 1 heterocycles. The van der Waals surface area contributed by atoms with E-state index < -0.39 is 6.04 Å². The van der Waals surface area contributed by atoms with Gasteiger partial charge in [-0.15, -0.1) is 0 Å². The summed E-state index contributed by atoms with van der Waals surface area (Å²) in [5.41, 5.74) is 1.97. The van der Waals surface area contributed by atoms with Gasteiger partial charge in [-0.1, -0.05) is 35.3 Å². The van der Waals surface area contributed by atoms with Crippen LogP contribution < -0.4 is 15.0 Å². The van der Waals surface area contributed by atoms with Crippen molar-refractivity contribution < 1.29 is 14.3 Å². The van der Waals surface area contributed by atoms with Gasteiger partial charge in [0.25, 0.3) is 5.91 Å². The van der Waals surface area contributed by atoms with E-state index in [9.17, 15) is 9.59 Å². The van der Waals surface area contributed by atoms with E-state index in [1.807, 2.05) is 24.3 Å². The standard InChI is InChI=1S/C18H16Cl2N2O3/c1-10(23)21-16-15-13(19)7-8-14(20)17(15)22(18(16)24)9-11-3-5-12(25-2)6-4-11/h3-8,16H,9H2,1-2H3,(H,21,23)/t16-/m0/s1. The van der Waals surface area contributed by atoms with E-state index in [1.54, 1.807) is 24.1 Å². The van der Waals surface area contributed by atoms with E-state index in [0.29, 0.717) is 27.8 Å². The van der Waals surface area contributed by atoms with Gasteiger partial charge in [-0.05, 0) is 29.8 Å². The van der Waals surface area contributed by atoms with Crippen molar-refractivity contribution in [2.45, 2.75) is 19.5 Å². The maximum absolute atomic E-state index is 12.9. The largest absolute Gasteiger partial charge is 0.497 e. The molecule has 0 spiro atoms. The second kappa shape index (κ2) is 6.94. The number of hydrogen-bond donors (Lipinski definition) is 1. The zero-order chi connectivity index (χ0) is 18.1. The number of methoxy groups -OCH3 is 1. The maximum atomic E-state index is 12.9. The summed E-state index contributed by atoms with van der Waals surface area (Å²) in [4.78, 5) is 26.0. The lowest BCUT2D eigenvalue weighted by Crippen LogP contribution is -2.36. The Labute approximate surface area is 155 Å². The molecule has 2 aromatic rings. The number of amides is 2. The van der Waals surface area contributed by atoms with Crippen molar-refractivity contribution in [3.8, 4) is 5.75 Å². The summed E-state index contributed by atoms with van der Waals surface area (Å²) in [5, 5.41) is 3.46. The molecule has 2 aromatic carbocycles. The Morgan fingerprint density at radius 1 is 1.16 bits per heavy atom. The highest BCUT2D eigenvalue weighted by atomic mass is 35.5. The Hall–Kier alpha value is -2.24. The van der Waals surface area contributed by atoms with Gasteiger partial charge in [-0.2, -0.15) is 0 Å². The molecule has 0 aliphatic carbocycles. The summed E-state index contributed by atoms with van der Waals surface area (Å²) >= 11 is 12.6. The molecular weight excluding hydrogens is 363 g/mol. The summed E-state index contributed by atoms with van der Waals surface area (Å²) in [6.45, 7) is 1.67. The molecule has 1 aliphatic rings. The van der Waals surface area contributed by atoms with Crippen molar-refractivity contribution in [1.82, 2.24) is 5.32 Å². The number of halogens is 2. The third kappa shape index (κ3) is 3.30. The number of benzene rings is 2. The molecule has 5 nitrogen and oxygen atoms in total. The van der Waals surface area contributed by atoms with E-state index in [0.717, 1.165) is 11.3 Å². The first kappa shape index (κ1) is 17.6. The maximum Gasteiger partial charge on any atom is 0.254 e. The van der Waals surface area contributed by atoms with Gasteiger partial charge >= 0.3 is 0 Å². The van der Waals surface area contributed by atoms with E-state index in [-0.39, 0.29) is 11.8 Å². The van der Waals surface area contributed by atoms with Crippen LogP contribution >= 0.6 is 23.2 Å². The van der Waals surface area contributed by atoms with Gasteiger partial charge in [0, 0.05) is 17.5 Å². The summed E-state index contributed by atoms with van der Waals surface area (Å²) in [5.74, 6) is 0.150. The number of nitrogens with one attached hydrogen (secondary N) is 1. The highest BCUT2D eigenvalue weighted by Gasteiger charge is 2.41. The molecule has 7 heteroatoms. The molecule has 130 valence electrons. The predicted octanol–water partition coefficient (Wildman–Crippen LogP) is 3.73. The fourth-order valence-electron chi connectivity index (χ4n) is 2.90. The van der Waals surface area contributed by atoms with E-state index in [4.69, 9.17) is 27.9 Å². The third-order valence-electron chi connectivity index (χ3n) is 4.03. The minimum Gasteiger partial charge on any atom is -0.497 e. The Morgan fingerprint density at radius 3 is 2.40 bits per heavy atom. The van der Waals surface area contributed by atoms with Crippen LogP contribution in [0.4, 0.5) is 5.69 Å². The highest BCUT2D eigenvalue weighted by Crippen LogP contribution is 2.45. The zero-order valence-corrected chi connectivity index (χ0v) is 15.2. The number of fused-ring (bicyclic) bond motifs is 1. The number of hydrogen-bond acceptors (Lipinski definition) is 3. The molecule has 1 atom stereocenters. The third-order valence-corrected chi connectivity index (χ3v) is 4.67. The Morgan fingerprint density at radius 2 is 1.80 bits per heavy atom. The minimum absolute atomic E-state index is 0.268. The number of rotatable bonds is 4. The molecule has 0 fully saturated rings. The van der Waals surface area contributed by atoms with Gasteiger partial charge in [-0.3, -0.25) is 9.59 Å². The van der Waals surface area contributed by atoms with Crippen LogP contribution in [-0.2, 0) is 16.1 Å². The van der Waals surface area contributed by atoms with Crippen molar-refractivity contribution >= 4 is 40.7 Å². The van der Waals surface area contributed by atoms with Crippen LogP contribution in [0.3, 0.4) is 0 Å². The highest BCUT2D eigenvalue weighted by molar-refractivity contribution is 6.38. The lowest BCUT2D eigenvalue weighted by Gasteiger charge is -2.19. The van der Waals surface area contributed by atoms with Crippen molar-refractivity contribution in [3.63, 3.8) is 0 Å². The fourth-order valence-corrected chi connectivity index (χ4v) is 3.43. The average Bonchev–Trinajstić information content (AvgIpc) is 2.85.